The molecule has 0 unspecified atom stereocenters. The molecule has 0 fully saturated rings. The molecule has 0 aliphatic carbocycles. The second kappa shape index (κ2) is 8.86. The summed E-state index contributed by atoms with van der Waals surface area (Å²) in [5.41, 5.74) is 4.16. The van der Waals surface area contributed by atoms with E-state index in [-0.39, 0.29) is 12.5 Å². The van der Waals surface area contributed by atoms with E-state index in [2.05, 4.69) is 35.8 Å². The normalized spacial score (nSPS) is 12.6. The van der Waals surface area contributed by atoms with Crippen molar-refractivity contribution < 1.29 is 14.3 Å². The molecule has 0 N–H and O–H groups in total. The standard InChI is InChI=1S/C26H26N4O3/c1-3-32-21-10-12-22(13-11-21)33-18-25(31)29-16-23-24(17-29)27-30(20-8-6-19(2)7-9-20)26(23)28-14-4-5-15-28/h4-15H,3,16-18H2,1-2H3. The molecule has 0 spiro atoms. The number of fused-ring (bicyclic) bond motifs is 1. The Labute approximate surface area is 192 Å². The summed E-state index contributed by atoms with van der Waals surface area (Å²) in [6.07, 6.45) is 4.00. The molecule has 1 aliphatic heterocycles. The highest BCUT2D eigenvalue weighted by atomic mass is 16.5. The van der Waals surface area contributed by atoms with Crippen LogP contribution < -0.4 is 9.47 Å². The van der Waals surface area contributed by atoms with Gasteiger partial charge in [0.15, 0.2) is 6.61 Å². The highest BCUT2D eigenvalue weighted by Crippen LogP contribution is 2.30. The Morgan fingerprint density at radius 1 is 0.939 bits per heavy atom. The maximum absolute atomic E-state index is 12.9. The minimum absolute atomic E-state index is 0.0188. The second-order valence-corrected chi connectivity index (χ2v) is 8.03. The van der Waals surface area contributed by atoms with Crippen LogP contribution in [0.1, 0.15) is 23.7 Å². The minimum Gasteiger partial charge on any atom is -0.494 e. The molecular formula is C26H26N4O3. The number of hydrogen-bond donors (Lipinski definition) is 0. The van der Waals surface area contributed by atoms with Gasteiger partial charge in [-0.2, -0.15) is 5.10 Å². The van der Waals surface area contributed by atoms with Crippen LogP contribution in [-0.4, -0.2) is 38.4 Å². The summed E-state index contributed by atoms with van der Waals surface area (Å²) in [5.74, 6) is 2.31. The van der Waals surface area contributed by atoms with Crippen LogP contribution in [0.3, 0.4) is 0 Å². The number of aryl methyl sites for hydroxylation is 1. The molecule has 4 aromatic rings. The van der Waals surface area contributed by atoms with Gasteiger partial charge in [0.25, 0.3) is 5.91 Å². The third-order valence-corrected chi connectivity index (χ3v) is 5.71. The summed E-state index contributed by atoms with van der Waals surface area (Å²) >= 11 is 0. The molecule has 0 saturated carbocycles. The topological polar surface area (TPSA) is 61.5 Å². The molecule has 0 atom stereocenters. The van der Waals surface area contributed by atoms with Gasteiger partial charge in [-0.3, -0.25) is 4.79 Å². The van der Waals surface area contributed by atoms with E-state index in [0.29, 0.717) is 25.4 Å². The molecule has 0 radical (unpaired) electrons. The summed E-state index contributed by atoms with van der Waals surface area (Å²) in [6.45, 7) is 5.57. The minimum atomic E-state index is -0.0674. The van der Waals surface area contributed by atoms with E-state index in [4.69, 9.17) is 14.6 Å². The van der Waals surface area contributed by atoms with E-state index in [1.54, 1.807) is 4.90 Å². The lowest BCUT2D eigenvalue weighted by Gasteiger charge is -2.18. The molecule has 7 nitrogen and oxygen atoms in total. The lowest BCUT2D eigenvalue weighted by Crippen LogP contribution is -2.31. The Balaban J connectivity index is 1.33. The number of ether oxygens (including phenoxy) is 2. The molecule has 0 bridgehead atoms. The summed E-state index contributed by atoms with van der Waals surface area (Å²) < 4.78 is 15.2. The van der Waals surface area contributed by atoms with Gasteiger partial charge < -0.3 is 18.9 Å². The molecule has 1 aliphatic rings. The highest BCUT2D eigenvalue weighted by Gasteiger charge is 2.31. The monoisotopic (exact) mass is 442 g/mol. The number of carbonyl (C=O) groups excluding carboxylic acids is 1. The third kappa shape index (κ3) is 4.22. The molecule has 168 valence electrons. The average molecular weight is 443 g/mol. The zero-order valence-electron chi connectivity index (χ0n) is 18.8. The first-order chi connectivity index (χ1) is 16.1. The van der Waals surface area contributed by atoms with Crippen LogP contribution in [0.4, 0.5) is 0 Å². The van der Waals surface area contributed by atoms with Crippen molar-refractivity contribution in [3.63, 3.8) is 0 Å². The van der Waals surface area contributed by atoms with Crippen LogP contribution >= 0.6 is 0 Å². The Kier molecular flexibility index (Phi) is 5.60. The van der Waals surface area contributed by atoms with E-state index in [1.165, 1.54) is 5.56 Å². The first kappa shape index (κ1) is 20.9. The Morgan fingerprint density at radius 3 is 2.27 bits per heavy atom. The lowest BCUT2D eigenvalue weighted by molar-refractivity contribution is -0.134. The molecule has 3 heterocycles. The Morgan fingerprint density at radius 2 is 1.61 bits per heavy atom. The van der Waals surface area contributed by atoms with Crippen molar-refractivity contribution in [3.05, 3.63) is 89.9 Å². The molecule has 5 rings (SSSR count). The van der Waals surface area contributed by atoms with Gasteiger partial charge in [-0.15, -0.1) is 0 Å². The largest absolute Gasteiger partial charge is 0.494 e. The predicted octanol–water partition coefficient (Wildman–Crippen LogP) is 4.29. The van der Waals surface area contributed by atoms with Crippen LogP contribution in [-0.2, 0) is 17.9 Å². The van der Waals surface area contributed by atoms with E-state index >= 15 is 0 Å². The molecule has 2 aromatic carbocycles. The van der Waals surface area contributed by atoms with Crippen molar-refractivity contribution in [1.29, 1.82) is 0 Å². The van der Waals surface area contributed by atoms with Gasteiger partial charge in [-0.1, -0.05) is 17.7 Å². The number of aromatic nitrogens is 3. The fourth-order valence-corrected chi connectivity index (χ4v) is 4.02. The fourth-order valence-electron chi connectivity index (χ4n) is 4.02. The summed E-state index contributed by atoms with van der Waals surface area (Å²) in [6, 6.07) is 19.6. The Hall–Kier alpha value is -4.00. The number of amides is 1. The van der Waals surface area contributed by atoms with E-state index in [9.17, 15) is 4.79 Å². The quantitative estimate of drug-likeness (QED) is 0.428. The van der Waals surface area contributed by atoms with Crippen molar-refractivity contribution in [3.8, 4) is 23.0 Å². The SMILES string of the molecule is CCOc1ccc(OCC(=O)N2Cc3nn(-c4ccc(C)cc4)c(-n4cccc4)c3C2)cc1. The van der Waals surface area contributed by atoms with Crippen LogP contribution in [0.15, 0.2) is 73.1 Å². The highest BCUT2D eigenvalue weighted by molar-refractivity contribution is 5.78. The Bertz CT molecular complexity index is 1240. The maximum Gasteiger partial charge on any atom is 0.261 e. The summed E-state index contributed by atoms with van der Waals surface area (Å²) in [5, 5.41) is 4.87. The van der Waals surface area contributed by atoms with E-state index < -0.39 is 0 Å². The number of hydrogen-bond acceptors (Lipinski definition) is 4. The van der Waals surface area contributed by atoms with Crippen molar-refractivity contribution >= 4 is 5.91 Å². The van der Waals surface area contributed by atoms with Crippen molar-refractivity contribution in [2.75, 3.05) is 13.2 Å². The summed E-state index contributed by atoms with van der Waals surface area (Å²) in [7, 11) is 0. The summed E-state index contributed by atoms with van der Waals surface area (Å²) in [4.78, 5) is 14.7. The fraction of sp³-hybridized carbons (Fsp3) is 0.231. The van der Waals surface area contributed by atoms with E-state index in [1.807, 2.05) is 60.4 Å². The van der Waals surface area contributed by atoms with Gasteiger partial charge in [0.05, 0.1) is 31.1 Å². The van der Waals surface area contributed by atoms with Gasteiger partial charge >= 0.3 is 0 Å². The lowest BCUT2D eigenvalue weighted by atomic mass is 10.2. The van der Waals surface area contributed by atoms with Crippen LogP contribution in [0.5, 0.6) is 11.5 Å². The first-order valence-corrected chi connectivity index (χ1v) is 11.1. The molecule has 1 amide bonds. The van der Waals surface area contributed by atoms with Gasteiger partial charge in [0.1, 0.15) is 17.3 Å². The first-order valence-electron chi connectivity index (χ1n) is 11.1. The smallest absolute Gasteiger partial charge is 0.261 e. The maximum atomic E-state index is 12.9. The van der Waals surface area contributed by atoms with Gasteiger partial charge in [0.2, 0.25) is 0 Å². The van der Waals surface area contributed by atoms with Gasteiger partial charge in [0, 0.05) is 18.0 Å². The zero-order valence-corrected chi connectivity index (χ0v) is 18.8. The molecule has 2 aromatic heterocycles. The second-order valence-electron chi connectivity index (χ2n) is 8.03. The van der Waals surface area contributed by atoms with Crippen molar-refractivity contribution in [2.24, 2.45) is 0 Å². The molecule has 7 heteroatoms. The van der Waals surface area contributed by atoms with Crippen molar-refractivity contribution in [2.45, 2.75) is 26.9 Å². The van der Waals surface area contributed by atoms with Gasteiger partial charge in [-0.05, 0) is 62.4 Å². The average Bonchev–Trinajstić information content (AvgIpc) is 3.55. The third-order valence-electron chi connectivity index (χ3n) is 5.71. The number of carbonyl (C=O) groups is 1. The number of nitrogens with zero attached hydrogens (tertiary/aromatic N) is 4. The zero-order chi connectivity index (χ0) is 22.8. The molecule has 0 saturated heterocycles. The molecule has 33 heavy (non-hydrogen) atoms. The van der Waals surface area contributed by atoms with Crippen molar-refractivity contribution in [1.82, 2.24) is 19.2 Å². The van der Waals surface area contributed by atoms with Crippen LogP contribution in [0.2, 0.25) is 0 Å². The van der Waals surface area contributed by atoms with Gasteiger partial charge in [-0.25, -0.2) is 4.68 Å². The molecular weight excluding hydrogens is 416 g/mol. The predicted molar refractivity (Wildman–Crippen MR) is 125 cm³/mol. The van der Waals surface area contributed by atoms with E-state index in [0.717, 1.165) is 28.5 Å². The van der Waals surface area contributed by atoms with Crippen LogP contribution in [0.25, 0.3) is 11.5 Å². The number of benzene rings is 2. The number of rotatable bonds is 7. The van der Waals surface area contributed by atoms with Crippen LogP contribution in [0, 0.1) is 6.92 Å².